The zero-order valence-corrected chi connectivity index (χ0v) is 13.2. The van der Waals surface area contributed by atoms with Crippen LogP contribution < -0.4 is 5.32 Å². The molecule has 0 saturated carbocycles. The fraction of sp³-hybridized carbons (Fsp3) is 0.786. The van der Waals surface area contributed by atoms with Gasteiger partial charge in [0.05, 0.1) is 0 Å². The molecule has 1 unspecified atom stereocenters. The minimum Gasteiger partial charge on any atom is -0.479 e. The van der Waals surface area contributed by atoms with Crippen molar-refractivity contribution in [1.82, 2.24) is 15.1 Å². The molecule has 120 valence electrons. The van der Waals surface area contributed by atoms with Crippen LogP contribution in [0.3, 0.4) is 0 Å². The highest BCUT2D eigenvalue weighted by Gasteiger charge is 2.49. The Bertz CT molecular complexity index is 424. The number of hydrogen-bond donors (Lipinski definition) is 2. The van der Waals surface area contributed by atoms with Gasteiger partial charge >= 0.3 is 12.0 Å². The Labute approximate surface area is 125 Å². The molecule has 0 aliphatic carbocycles. The van der Waals surface area contributed by atoms with Crippen molar-refractivity contribution in [2.24, 2.45) is 0 Å². The van der Waals surface area contributed by atoms with E-state index in [0.717, 1.165) is 0 Å². The number of amides is 3. The van der Waals surface area contributed by atoms with Crippen LogP contribution in [-0.2, 0) is 9.59 Å². The van der Waals surface area contributed by atoms with E-state index in [2.05, 4.69) is 5.32 Å². The predicted octanol–water partition coefficient (Wildman–Crippen LogP) is 0.892. The summed E-state index contributed by atoms with van der Waals surface area (Å²) < 4.78 is 0. The molecule has 7 heteroatoms. The summed E-state index contributed by atoms with van der Waals surface area (Å²) in [5.41, 5.74) is -1.14. The first kappa shape index (κ1) is 17.3. The van der Waals surface area contributed by atoms with Crippen LogP contribution in [0.5, 0.6) is 0 Å². The second-order valence-electron chi connectivity index (χ2n) is 5.81. The van der Waals surface area contributed by atoms with Crippen molar-refractivity contribution in [2.45, 2.75) is 51.6 Å². The molecule has 1 saturated heterocycles. The van der Waals surface area contributed by atoms with Crippen LogP contribution in [0, 0.1) is 0 Å². The van der Waals surface area contributed by atoms with E-state index in [1.165, 1.54) is 16.8 Å². The molecule has 0 aromatic carbocycles. The molecule has 1 atom stereocenters. The first-order valence-electron chi connectivity index (χ1n) is 7.30. The second kappa shape index (κ2) is 6.78. The number of likely N-dealkylation sites (tertiary alicyclic amines) is 1. The lowest BCUT2D eigenvalue weighted by Crippen LogP contribution is -2.57. The van der Waals surface area contributed by atoms with Crippen LogP contribution in [0.15, 0.2) is 0 Å². The molecule has 1 fully saturated rings. The first-order valence-corrected chi connectivity index (χ1v) is 7.30. The monoisotopic (exact) mass is 299 g/mol. The SMILES string of the molecule is CCC1(C(=O)O)CCCN1C(=O)N(C)CC(=O)NC(C)C. The van der Waals surface area contributed by atoms with E-state index in [0.29, 0.717) is 25.8 Å². The number of nitrogens with one attached hydrogen (secondary N) is 1. The topological polar surface area (TPSA) is 90.0 Å². The lowest BCUT2D eigenvalue weighted by molar-refractivity contribution is -0.148. The number of hydrogen-bond acceptors (Lipinski definition) is 3. The predicted molar refractivity (Wildman–Crippen MR) is 77.9 cm³/mol. The summed E-state index contributed by atoms with van der Waals surface area (Å²) >= 11 is 0. The van der Waals surface area contributed by atoms with E-state index in [-0.39, 0.29) is 18.5 Å². The molecule has 0 radical (unpaired) electrons. The molecule has 0 spiro atoms. The van der Waals surface area contributed by atoms with Crippen LogP contribution in [0.1, 0.15) is 40.0 Å². The highest BCUT2D eigenvalue weighted by atomic mass is 16.4. The smallest absolute Gasteiger partial charge is 0.329 e. The van der Waals surface area contributed by atoms with Gasteiger partial charge in [0, 0.05) is 19.6 Å². The van der Waals surface area contributed by atoms with E-state index in [4.69, 9.17) is 0 Å². The normalized spacial score (nSPS) is 21.5. The number of rotatable bonds is 5. The summed E-state index contributed by atoms with van der Waals surface area (Å²) in [6.45, 7) is 5.78. The number of likely N-dealkylation sites (N-methyl/N-ethyl adjacent to an activating group) is 1. The Morgan fingerprint density at radius 1 is 1.38 bits per heavy atom. The van der Waals surface area contributed by atoms with Crippen molar-refractivity contribution < 1.29 is 19.5 Å². The number of nitrogens with zero attached hydrogens (tertiary/aromatic N) is 2. The zero-order chi connectivity index (χ0) is 16.2. The Kier molecular flexibility index (Phi) is 5.57. The van der Waals surface area contributed by atoms with Crippen LogP contribution in [0.2, 0.25) is 0 Å². The van der Waals surface area contributed by atoms with Gasteiger partial charge in [-0.05, 0) is 33.1 Å². The third-order valence-electron chi connectivity index (χ3n) is 3.86. The molecule has 0 aromatic heterocycles. The van der Waals surface area contributed by atoms with Gasteiger partial charge in [-0.1, -0.05) is 6.92 Å². The van der Waals surface area contributed by atoms with E-state index in [1.807, 2.05) is 13.8 Å². The molecule has 1 aliphatic heterocycles. The molecule has 0 bridgehead atoms. The zero-order valence-electron chi connectivity index (χ0n) is 13.2. The summed E-state index contributed by atoms with van der Waals surface area (Å²) in [4.78, 5) is 38.4. The van der Waals surface area contributed by atoms with Gasteiger partial charge in [0.25, 0.3) is 0 Å². The molecule has 21 heavy (non-hydrogen) atoms. The van der Waals surface area contributed by atoms with E-state index in [9.17, 15) is 19.5 Å². The van der Waals surface area contributed by atoms with Gasteiger partial charge in [-0.25, -0.2) is 9.59 Å². The molecule has 3 amide bonds. The van der Waals surface area contributed by atoms with Gasteiger partial charge < -0.3 is 20.2 Å². The van der Waals surface area contributed by atoms with Crippen LogP contribution in [-0.4, -0.2) is 64.5 Å². The maximum absolute atomic E-state index is 12.5. The number of carboxylic acid groups (broad SMARTS) is 1. The lowest BCUT2D eigenvalue weighted by Gasteiger charge is -2.36. The Hall–Kier alpha value is -1.79. The van der Waals surface area contributed by atoms with E-state index >= 15 is 0 Å². The van der Waals surface area contributed by atoms with Crippen molar-refractivity contribution in [3.8, 4) is 0 Å². The van der Waals surface area contributed by atoms with Crippen molar-refractivity contribution in [3.63, 3.8) is 0 Å². The lowest BCUT2D eigenvalue weighted by atomic mass is 9.93. The third kappa shape index (κ3) is 3.65. The fourth-order valence-corrected chi connectivity index (χ4v) is 2.76. The van der Waals surface area contributed by atoms with E-state index in [1.54, 1.807) is 6.92 Å². The molecular formula is C14H25N3O4. The van der Waals surface area contributed by atoms with Gasteiger partial charge in [0.1, 0.15) is 12.1 Å². The minimum atomic E-state index is -1.14. The van der Waals surface area contributed by atoms with Crippen molar-refractivity contribution >= 4 is 17.9 Å². The average Bonchev–Trinajstić information content (AvgIpc) is 2.81. The van der Waals surface area contributed by atoms with Gasteiger partial charge in [-0.15, -0.1) is 0 Å². The van der Waals surface area contributed by atoms with Gasteiger partial charge in [-0.3, -0.25) is 4.79 Å². The second-order valence-corrected chi connectivity index (χ2v) is 5.81. The molecule has 1 rings (SSSR count). The molecule has 0 aromatic rings. The Balaban J connectivity index is 2.77. The molecule has 1 aliphatic rings. The number of carboxylic acids is 1. The minimum absolute atomic E-state index is 0.00143. The van der Waals surface area contributed by atoms with Crippen LogP contribution in [0.4, 0.5) is 4.79 Å². The number of carbonyl (C=O) groups is 3. The van der Waals surface area contributed by atoms with E-state index < -0.39 is 17.5 Å². The summed E-state index contributed by atoms with van der Waals surface area (Å²) in [7, 11) is 1.52. The van der Waals surface area contributed by atoms with Gasteiger partial charge in [-0.2, -0.15) is 0 Å². The average molecular weight is 299 g/mol. The number of carbonyl (C=O) groups excluding carboxylic acids is 2. The first-order chi connectivity index (χ1) is 9.74. The number of urea groups is 1. The summed E-state index contributed by atoms with van der Waals surface area (Å²) in [6, 6.07) is -0.405. The maximum atomic E-state index is 12.5. The summed E-state index contributed by atoms with van der Waals surface area (Å²) in [6.07, 6.45) is 1.48. The van der Waals surface area contributed by atoms with Crippen molar-refractivity contribution in [2.75, 3.05) is 20.1 Å². The highest BCUT2D eigenvalue weighted by Crippen LogP contribution is 2.33. The van der Waals surface area contributed by atoms with Gasteiger partial charge in [0.2, 0.25) is 5.91 Å². The third-order valence-corrected chi connectivity index (χ3v) is 3.86. The summed E-state index contributed by atoms with van der Waals surface area (Å²) in [5.74, 6) is -1.23. The van der Waals surface area contributed by atoms with Crippen LogP contribution in [0.25, 0.3) is 0 Å². The van der Waals surface area contributed by atoms with Crippen LogP contribution >= 0.6 is 0 Å². The standard InChI is InChI=1S/C14H25N3O4/c1-5-14(12(19)20)7-6-8-17(14)13(21)16(4)9-11(18)15-10(2)3/h10H,5-9H2,1-4H3,(H,15,18)(H,19,20). The molecule has 2 N–H and O–H groups in total. The highest BCUT2D eigenvalue weighted by molar-refractivity contribution is 5.89. The number of aliphatic carboxylic acids is 1. The summed E-state index contributed by atoms with van der Waals surface area (Å²) in [5, 5.41) is 12.2. The fourth-order valence-electron chi connectivity index (χ4n) is 2.76. The Morgan fingerprint density at radius 3 is 2.48 bits per heavy atom. The van der Waals surface area contributed by atoms with Crippen molar-refractivity contribution in [1.29, 1.82) is 0 Å². The molecular weight excluding hydrogens is 274 g/mol. The quantitative estimate of drug-likeness (QED) is 0.789. The maximum Gasteiger partial charge on any atom is 0.329 e. The molecule has 7 nitrogen and oxygen atoms in total. The largest absolute Gasteiger partial charge is 0.479 e. The van der Waals surface area contributed by atoms with Crippen molar-refractivity contribution in [3.05, 3.63) is 0 Å². The molecule has 1 heterocycles. The Morgan fingerprint density at radius 2 is 2.00 bits per heavy atom. The van der Waals surface area contributed by atoms with Gasteiger partial charge in [0.15, 0.2) is 0 Å².